The first-order chi connectivity index (χ1) is 10.6. The second-order valence-corrected chi connectivity index (χ2v) is 5.69. The van der Waals surface area contributed by atoms with Gasteiger partial charge in [0.05, 0.1) is 5.56 Å². The average Bonchev–Trinajstić information content (AvgIpc) is 3.00. The number of nitrogens with zero attached hydrogens (tertiary/aromatic N) is 2. The summed E-state index contributed by atoms with van der Waals surface area (Å²) in [6.45, 7) is 1.87. The first-order valence-electron chi connectivity index (χ1n) is 7.57. The first-order valence-corrected chi connectivity index (χ1v) is 7.57. The zero-order chi connectivity index (χ0) is 15.5. The summed E-state index contributed by atoms with van der Waals surface area (Å²) >= 11 is 0. The minimum absolute atomic E-state index is 0.280. The van der Waals surface area contributed by atoms with Gasteiger partial charge in [-0.05, 0) is 37.5 Å². The van der Waals surface area contributed by atoms with Crippen molar-refractivity contribution in [2.75, 3.05) is 5.32 Å². The van der Waals surface area contributed by atoms with Crippen LogP contribution in [0, 0.1) is 6.92 Å². The number of hydrogen-bond acceptors (Lipinski definition) is 4. The maximum Gasteiger partial charge on any atom is 0.335 e. The van der Waals surface area contributed by atoms with Gasteiger partial charge in [0, 0.05) is 17.8 Å². The average molecular weight is 297 g/mol. The van der Waals surface area contributed by atoms with Crippen LogP contribution in [0.5, 0.6) is 0 Å². The summed E-state index contributed by atoms with van der Waals surface area (Å²) in [6, 6.07) is 7.29. The maximum atomic E-state index is 11.0. The Morgan fingerprint density at radius 3 is 2.55 bits per heavy atom. The molecule has 3 rings (SSSR count). The van der Waals surface area contributed by atoms with Crippen LogP contribution in [0.4, 0.5) is 5.82 Å². The van der Waals surface area contributed by atoms with Crippen LogP contribution in [0.15, 0.2) is 30.5 Å². The quantitative estimate of drug-likeness (QED) is 0.903. The van der Waals surface area contributed by atoms with Crippen molar-refractivity contribution >= 4 is 11.8 Å². The van der Waals surface area contributed by atoms with Crippen LogP contribution in [-0.4, -0.2) is 27.1 Å². The lowest BCUT2D eigenvalue weighted by Crippen LogP contribution is -2.16. The molecule has 22 heavy (non-hydrogen) atoms. The lowest BCUT2D eigenvalue weighted by Gasteiger charge is -2.16. The van der Waals surface area contributed by atoms with Crippen molar-refractivity contribution < 1.29 is 9.90 Å². The van der Waals surface area contributed by atoms with Crippen LogP contribution in [-0.2, 0) is 0 Å². The van der Waals surface area contributed by atoms with E-state index in [4.69, 9.17) is 5.11 Å². The molecule has 1 aromatic heterocycles. The van der Waals surface area contributed by atoms with Crippen LogP contribution >= 0.6 is 0 Å². The molecule has 1 aliphatic rings. The van der Waals surface area contributed by atoms with Crippen molar-refractivity contribution in [2.45, 2.75) is 38.6 Å². The summed E-state index contributed by atoms with van der Waals surface area (Å²) in [7, 11) is 0. The number of hydrogen-bond donors (Lipinski definition) is 2. The molecule has 2 N–H and O–H groups in total. The van der Waals surface area contributed by atoms with Gasteiger partial charge in [-0.3, -0.25) is 0 Å². The van der Waals surface area contributed by atoms with Gasteiger partial charge in [0.15, 0.2) is 0 Å². The Morgan fingerprint density at radius 2 is 1.91 bits per heavy atom. The summed E-state index contributed by atoms with van der Waals surface area (Å²) in [5, 5.41) is 12.5. The molecule has 5 nitrogen and oxygen atoms in total. The standard InChI is InChI=1S/C17H19N3O2/c1-11-18-10-15(12-6-8-13(9-7-12)17(21)22)16(19-11)20-14-4-2-3-5-14/h6-10,14H,2-5H2,1H3,(H,21,22)(H,18,19,20). The fourth-order valence-electron chi connectivity index (χ4n) is 2.85. The molecule has 0 saturated heterocycles. The molecule has 0 amide bonds. The third kappa shape index (κ3) is 3.08. The molecule has 0 radical (unpaired) electrons. The summed E-state index contributed by atoms with van der Waals surface area (Å²) < 4.78 is 0. The van der Waals surface area contributed by atoms with Crippen LogP contribution in [0.2, 0.25) is 0 Å². The third-order valence-corrected chi connectivity index (χ3v) is 4.05. The molecule has 0 aliphatic heterocycles. The highest BCUT2D eigenvalue weighted by atomic mass is 16.4. The van der Waals surface area contributed by atoms with E-state index in [0.717, 1.165) is 22.8 Å². The molecule has 0 bridgehead atoms. The number of aromatic nitrogens is 2. The van der Waals surface area contributed by atoms with Gasteiger partial charge >= 0.3 is 5.97 Å². The number of benzene rings is 1. The lowest BCUT2D eigenvalue weighted by molar-refractivity contribution is 0.0697. The Hall–Kier alpha value is -2.43. The van der Waals surface area contributed by atoms with Crippen molar-refractivity contribution in [3.8, 4) is 11.1 Å². The Balaban J connectivity index is 1.93. The predicted molar refractivity (Wildman–Crippen MR) is 85.0 cm³/mol. The molecule has 1 heterocycles. The van der Waals surface area contributed by atoms with Crippen LogP contribution in [0.25, 0.3) is 11.1 Å². The van der Waals surface area contributed by atoms with Crippen molar-refractivity contribution in [2.24, 2.45) is 0 Å². The Labute approximate surface area is 129 Å². The molecule has 114 valence electrons. The van der Waals surface area contributed by atoms with Gasteiger partial charge in [-0.15, -0.1) is 0 Å². The monoisotopic (exact) mass is 297 g/mol. The number of carboxylic acid groups (broad SMARTS) is 1. The van der Waals surface area contributed by atoms with E-state index in [1.165, 1.54) is 25.7 Å². The van der Waals surface area contributed by atoms with Gasteiger partial charge in [-0.1, -0.05) is 25.0 Å². The molecule has 0 atom stereocenters. The van der Waals surface area contributed by atoms with Crippen LogP contribution < -0.4 is 5.32 Å². The molecule has 1 fully saturated rings. The molecule has 2 aromatic rings. The predicted octanol–water partition coefficient (Wildman–Crippen LogP) is 3.50. The van der Waals surface area contributed by atoms with E-state index >= 15 is 0 Å². The fourth-order valence-corrected chi connectivity index (χ4v) is 2.85. The van der Waals surface area contributed by atoms with Gasteiger partial charge in [0.1, 0.15) is 11.6 Å². The van der Waals surface area contributed by atoms with Gasteiger partial charge < -0.3 is 10.4 Å². The largest absolute Gasteiger partial charge is 0.478 e. The minimum atomic E-state index is -0.920. The summed E-state index contributed by atoms with van der Waals surface area (Å²) in [6.07, 6.45) is 6.64. The lowest BCUT2D eigenvalue weighted by atomic mass is 10.1. The van der Waals surface area contributed by atoms with E-state index in [2.05, 4.69) is 15.3 Å². The molecule has 1 aliphatic carbocycles. The van der Waals surface area contributed by atoms with Gasteiger partial charge in [-0.2, -0.15) is 0 Å². The number of aromatic carboxylic acids is 1. The number of nitrogens with one attached hydrogen (secondary N) is 1. The van der Waals surface area contributed by atoms with E-state index in [0.29, 0.717) is 6.04 Å². The van der Waals surface area contributed by atoms with Crippen molar-refractivity contribution in [1.29, 1.82) is 0 Å². The Bertz CT molecular complexity index is 677. The van der Waals surface area contributed by atoms with E-state index in [-0.39, 0.29) is 5.56 Å². The van der Waals surface area contributed by atoms with Crippen molar-refractivity contribution in [3.05, 3.63) is 41.9 Å². The summed E-state index contributed by atoms with van der Waals surface area (Å²) in [5.41, 5.74) is 2.11. The Kier molecular flexibility index (Phi) is 4.04. The van der Waals surface area contributed by atoms with Gasteiger partial charge in [0.25, 0.3) is 0 Å². The molecular weight excluding hydrogens is 278 g/mol. The van der Waals surface area contributed by atoms with Crippen molar-refractivity contribution in [1.82, 2.24) is 9.97 Å². The van der Waals surface area contributed by atoms with E-state index in [1.807, 2.05) is 6.92 Å². The summed E-state index contributed by atoms with van der Waals surface area (Å²) in [5.74, 6) is 0.643. The Morgan fingerprint density at radius 1 is 1.23 bits per heavy atom. The second kappa shape index (κ2) is 6.13. The number of anilines is 1. The number of rotatable bonds is 4. The highest BCUT2D eigenvalue weighted by molar-refractivity contribution is 5.88. The van der Waals surface area contributed by atoms with E-state index < -0.39 is 5.97 Å². The topological polar surface area (TPSA) is 75.1 Å². The smallest absolute Gasteiger partial charge is 0.335 e. The van der Waals surface area contributed by atoms with Crippen LogP contribution in [0.3, 0.4) is 0 Å². The normalized spacial score (nSPS) is 15.0. The van der Waals surface area contributed by atoms with Crippen LogP contribution in [0.1, 0.15) is 41.9 Å². The summed E-state index contributed by atoms with van der Waals surface area (Å²) in [4.78, 5) is 19.8. The number of aryl methyl sites for hydroxylation is 1. The molecular formula is C17H19N3O2. The highest BCUT2D eigenvalue weighted by Crippen LogP contribution is 2.29. The number of carbonyl (C=O) groups is 1. The third-order valence-electron chi connectivity index (χ3n) is 4.05. The first kappa shape index (κ1) is 14.5. The maximum absolute atomic E-state index is 11.0. The minimum Gasteiger partial charge on any atom is -0.478 e. The zero-order valence-electron chi connectivity index (χ0n) is 12.5. The van der Waals surface area contributed by atoms with E-state index in [9.17, 15) is 4.79 Å². The fraction of sp³-hybridized carbons (Fsp3) is 0.353. The highest BCUT2D eigenvalue weighted by Gasteiger charge is 2.17. The molecule has 0 unspecified atom stereocenters. The van der Waals surface area contributed by atoms with E-state index in [1.54, 1.807) is 30.5 Å². The molecule has 1 aromatic carbocycles. The molecule has 5 heteroatoms. The van der Waals surface area contributed by atoms with Crippen molar-refractivity contribution in [3.63, 3.8) is 0 Å². The van der Waals surface area contributed by atoms with Gasteiger partial charge in [0.2, 0.25) is 0 Å². The van der Waals surface area contributed by atoms with Gasteiger partial charge in [-0.25, -0.2) is 14.8 Å². The molecule has 0 spiro atoms. The number of carboxylic acids is 1. The second-order valence-electron chi connectivity index (χ2n) is 5.69. The molecule has 1 saturated carbocycles. The SMILES string of the molecule is Cc1ncc(-c2ccc(C(=O)O)cc2)c(NC2CCCC2)n1. The zero-order valence-corrected chi connectivity index (χ0v) is 12.5.